The van der Waals surface area contributed by atoms with Crippen molar-refractivity contribution in [1.82, 2.24) is 10.9 Å². The first-order chi connectivity index (χ1) is 12.3. The molecule has 0 atom stereocenters. The second kappa shape index (κ2) is 9.05. The van der Waals surface area contributed by atoms with Gasteiger partial charge in [0, 0.05) is 9.50 Å². The molecule has 0 fully saturated rings. The Bertz CT molecular complexity index is 824. The maximum Gasteiger partial charge on any atom is 0.276 e. The third kappa shape index (κ3) is 5.22. The number of carbonyl (C=O) groups is 2. The van der Waals surface area contributed by atoms with Crippen molar-refractivity contribution in [1.29, 1.82) is 0 Å². The molecule has 0 saturated heterocycles. The minimum Gasteiger partial charge on any atom is -0.483 e. The highest BCUT2D eigenvalue weighted by molar-refractivity contribution is 9.10. The predicted octanol–water partition coefficient (Wildman–Crippen LogP) is 4.37. The van der Waals surface area contributed by atoms with Gasteiger partial charge in [0.05, 0.1) is 5.56 Å². The van der Waals surface area contributed by atoms with Gasteiger partial charge in [-0.3, -0.25) is 20.4 Å². The third-order valence-corrected chi connectivity index (χ3v) is 4.80. The Labute approximate surface area is 166 Å². The first-order valence-corrected chi connectivity index (χ1v) is 9.23. The molecule has 26 heavy (non-hydrogen) atoms. The maximum absolute atomic E-state index is 12.1. The van der Waals surface area contributed by atoms with Gasteiger partial charge in [-0.2, -0.15) is 0 Å². The molecule has 0 aliphatic heterocycles. The lowest BCUT2D eigenvalue weighted by Gasteiger charge is -2.16. The molecule has 0 aliphatic rings. The maximum atomic E-state index is 12.1. The van der Waals surface area contributed by atoms with Crippen molar-refractivity contribution < 1.29 is 14.3 Å². The number of halogens is 2. The first-order valence-electron chi connectivity index (χ1n) is 8.06. The van der Waals surface area contributed by atoms with E-state index in [1.54, 1.807) is 24.3 Å². The molecule has 138 valence electrons. The van der Waals surface area contributed by atoms with Crippen LogP contribution in [0.5, 0.6) is 5.75 Å². The Hall–Kier alpha value is -2.05. The Kier molecular flexibility index (Phi) is 7.06. The number of carbonyl (C=O) groups excluding carboxylic acids is 2. The van der Waals surface area contributed by atoms with Gasteiger partial charge in [0.25, 0.3) is 11.8 Å². The number of aryl methyl sites for hydroxylation is 1. The van der Waals surface area contributed by atoms with E-state index in [0.717, 1.165) is 11.1 Å². The van der Waals surface area contributed by atoms with Crippen LogP contribution < -0.4 is 15.6 Å². The standard InChI is InChI=1S/C19H20BrClN2O3/c1-11(2)14-9-16(21)12(3)8-17(14)26-10-18(24)22-23-19(25)13-6-4-5-7-15(13)20/h4-9,11H,10H2,1-3H3,(H,22,24)(H,23,25). The quantitative estimate of drug-likeness (QED) is 0.680. The predicted molar refractivity (Wildman–Crippen MR) is 106 cm³/mol. The van der Waals surface area contributed by atoms with Crippen LogP contribution in [0.3, 0.4) is 0 Å². The van der Waals surface area contributed by atoms with Crippen LogP contribution in [0.4, 0.5) is 0 Å². The number of amides is 2. The molecule has 0 heterocycles. The molecule has 0 aromatic heterocycles. The Morgan fingerprint density at radius 3 is 2.54 bits per heavy atom. The van der Waals surface area contributed by atoms with Crippen molar-refractivity contribution in [2.45, 2.75) is 26.7 Å². The summed E-state index contributed by atoms with van der Waals surface area (Å²) < 4.78 is 6.27. The number of benzene rings is 2. The lowest BCUT2D eigenvalue weighted by atomic mass is 10.0. The zero-order chi connectivity index (χ0) is 19.3. The van der Waals surface area contributed by atoms with E-state index in [0.29, 0.717) is 20.8 Å². The van der Waals surface area contributed by atoms with Crippen LogP contribution in [0, 0.1) is 6.92 Å². The van der Waals surface area contributed by atoms with Crippen LogP contribution in [0.15, 0.2) is 40.9 Å². The number of ether oxygens (including phenoxy) is 1. The van der Waals surface area contributed by atoms with Crippen molar-refractivity contribution in [2.24, 2.45) is 0 Å². The van der Waals surface area contributed by atoms with Crippen molar-refractivity contribution in [3.05, 3.63) is 62.6 Å². The van der Waals surface area contributed by atoms with Crippen LogP contribution in [0.2, 0.25) is 5.02 Å². The number of hydrazine groups is 1. The van der Waals surface area contributed by atoms with Crippen LogP contribution in [0.1, 0.15) is 41.3 Å². The van der Waals surface area contributed by atoms with Crippen molar-refractivity contribution in [3.63, 3.8) is 0 Å². The molecule has 2 N–H and O–H groups in total. The topological polar surface area (TPSA) is 67.4 Å². The van der Waals surface area contributed by atoms with Gasteiger partial charge in [-0.1, -0.05) is 37.6 Å². The molecule has 0 unspecified atom stereocenters. The number of hydrogen-bond donors (Lipinski definition) is 2. The molecular weight excluding hydrogens is 420 g/mol. The van der Waals surface area contributed by atoms with E-state index < -0.39 is 11.8 Å². The molecule has 2 aromatic carbocycles. The highest BCUT2D eigenvalue weighted by Gasteiger charge is 2.14. The molecule has 2 amide bonds. The molecular formula is C19H20BrClN2O3. The van der Waals surface area contributed by atoms with Crippen LogP contribution in [0.25, 0.3) is 0 Å². The van der Waals surface area contributed by atoms with Gasteiger partial charge in [0.2, 0.25) is 0 Å². The molecule has 2 rings (SSSR count). The van der Waals surface area contributed by atoms with Gasteiger partial charge in [-0.15, -0.1) is 0 Å². The van der Waals surface area contributed by atoms with Crippen LogP contribution in [-0.4, -0.2) is 18.4 Å². The van der Waals surface area contributed by atoms with Gasteiger partial charge in [0.1, 0.15) is 5.75 Å². The molecule has 0 saturated carbocycles. The highest BCUT2D eigenvalue weighted by Crippen LogP contribution is 2.31. The average Bonchev–Trinajstić information content (AvgIpc) is 2.60. The fourth-order valence-corrected chi connectivity index (χ4v) is 2.90. The monoisotopic (exact) mass is 438 g/mol. The summed E-state index contributed by atoms with van der Waals surface area (Å²) in [6, 6.07) is 10.6. The van der Waals surface area contributed by atoms with E-state index >= 15 is 0 Å². The Balaban J connectivity index is 1.94. The Morgan fingerprint density at radius 1 is 1.19 bits per heavy atom. The summed E-state index contributed by atoms with van der Waals surface area (Å²) in [6.07, 6.45) is 0. The fourth-order valence-electron chi connectivity index (χ4n) is 2.27. The summed E-state index contributed by atoms with van der Waals surface area (Å²) in [4.78, 5) is 24.0. The fraction of sp³-hybridized carbons (Fsp3) is 0.263. The number of hydrogen-bond acceptors (Lipinski definition) is 3. The molecule has 0 spiro atoms. The van der Waals surface area contributed by atoms with Gasteiger partial charge >= 0.3 is 0 Å². The SMILES string of the molecule is Cc1cc(OCC(=O)NNC(=O)c2ccccc2Br)c(C(C)C)cc1Cl. The normalized spacial score (nSPS) is 10.5. The van der Waals surface area contributed by atoms with Gasteiger partial charge < -0.3 is 4.74 Å². The first kappa shape index (κ1) is 20.3. The Morgan fingerprint density at radius 2 is 1.88 bits per heavy atom. The van der Waals surface area contributed by atoms with E-state index in [-0.39, 0.29) is 12.5 Å². The molecule has 7 heteroatoms. The summed E-state index contributed by atoms with van der Waals surface area (Å²) in [5, 5.41) is 0.659. The van der Waals surface area contributed by atoms with Crippen LogP contribution >= 0.6 is 27.5 Å². The lowest BCUT2D eigenvalue weighted by Crippen LogP contribution is -2.44. The molecule has 5 nitrogen and oxygen atoms in total. The molecule has 0 bridgehead atoms. The summed E-state index contributed by atoms with van der Waals surface area (Å²) in [5.74, 6) is -0.0841. The van der Waals surface area contributed by atoms with Gasteiger partial charge in [-0.25, -0.2) is 0 Å². The van der Waals surface area contributed by atoms with E-state index in [2.05, 4.69) is 26.8 Å². The second-order valence-corrected chi connectivity index (χ2v) is 7.33. The van der Waals surface area contributed by atoms with E-state index in [1.807, 2.05) is 32.9 Å². The highest BCUT2D eigenvalue weighted by atomic mass is 79.9. The van der Waals surface area contributed by atoms with Gasteiger partial charge in [0.15, 0.2) is 6.61 Å². The lowest BCUT2D eigenvalue weighted by molar-refractivity contribution is -0.123. The summed E-state index contributed by atoms with van der Waals surface area (Å²) in [5.41, 5.74) is 6.92. The molecule has 2 aromatic rings. The minimum absolute atomic E-state index is 0.196. The zero-order valence-corrected chi connectivity index (χ0v) is 17.1. The second-order valence-electron chi connectivity index (χ2n) is 6.06. The summed E-state index contributed by atoms with van der Waals surface area (Å²) >= 11 is 9.45. The molecule has 0 aliphatic carbocycles. The van der Waals surface area contributed by atoms with Crippen molar-refractivity contribution in [2.75, 3.05) is 6.61 Å². The smallest absolute Gasteiger partial charge is 0.276 e. The van der Waals surface area contributed by atoms with Crippen molar-refractivity contribution in [3.8, 4) is 5.75 Å². The number of rotatable bonds is 5. The van der Waals surface area contributed by atoms with Crippen LogP contribution in [-0.2, 0) is 4.79 Å². The zero-order valence-electron chi connectivity index (χ0n) is 14.7. The van der Waals surface area contributed by atoms with E-state index in [1.165, 1.54) is 0 Å². The summed E-state index contributed by atoms with van der Waals surface area (Å²) in [6.45, 7) is 5.69. The largest absolute Gasteiger partial charge is 0.483 e. The van der Waals surface area contributed by atoms with Crippen molar-refractivity contribution >= 4 is 39.3 Å². The number of nitrogens with one attached hydrogen (secondary N) is 2. The van der Waals surface area contributed by atoms with E-state index in [4.69, 9.17) is 16.3 Å². The summed E-state index contributed by atoms with van der Waals surface area (Å²) in [7, 11) is 0. The molecule has 0 radical (unpaired) electrons. The average molecular weight is 440 g/mol. The van der Waals surface area contributed by atoms with Gasteiger partial charge in [-0.05, 0) is 64.2 Å². The van der Waals surface area contributed by atoms with E-state index in [9.17, 15) is 9.59 Å². The minimum atomic E-state index is -0.465. The third-order valence-electron chi connectivity index (χ3n) is 3.71.